The smallest absolute Gasteiger partial charge is 0.253 e. The molecule has 0 bridgehead atoms. The Morgan fingerprint density at radius 3 is 2.30 bits per heavy atom. The first kappa shape index (κ1) is 13.5. The van der Waals surface area contributed by atoms with Gasteiger partial charge < -0.3 is 14.4 Å². The van der Waals surface area contributed by atoms with E-state index in [0.29, 0.717) is 31.5 Å². The van der Waals surface area contributed by atoms with Gasteiger partial charge in [0, 0.05) is 31.5 Å². The fraction of sp³-hybridized carbons (Fsp3) is 0.533. The molecule has 2 aliphatic rings. The number of nitrogens with zero attached hydrogens (tertiary/aromatic N) is 1. The molecule has 0 aliphatic carbocycles. The number of hydrogen-bond donors (Lipinski definition) is 0. The molecule has 0 N–H and O–H groups in total. The molecule has 0 atom stereocenters. The predicted octanol–water partition coefficient (Wildman–Crippen LogP) is 2.19. The molecule has 2 fully saturated rings. The van der Waals surface area contributed by atoms with E-state index in [2.05, 4.69) is 0 Å². The highest BCUT2D eigenvalue weighted by molar-refractivity contribution is 5.94. The lowest BCUT2D eigenvalue weighted by molar-refractivity contribution is -0.281. The fourth-order valence-electron chi connectivity index (χ4n) is 2.73. The van der Waals surface area contributed by atoms with Gasteiger partial charge in [-0.2, -0.15) is 0 Å². The molecule has 0 unspecified atom stereocenters. The van der Waals surface area contributed by atoms with Gasteiger partial charge in [0.2, 0.25) is 0 Å². The molecule has 1 spiro atoms. The summed E-state index contributed by atoms with van der Waals surface area (Å²) in [6, 6.07) is 5.67. The molecule has 0 saturated carbocycles. The summed E-state index contributed by atoms with van der Waals surface area (Å²) in [6.45, 7) is 2.67. The molecule has 0 radical (unpaired) electrons. The van der Waals surface area contributed by atoms with Crippen LogP contribution >= 0.6 is 0 Å². The number of carbonyl (C=O) groups is 1. The van der Waals surface area contributed by atoms with E-state index < -0.39 is 5.79 Å². The van der Waals surface area contributed by atoms with Crippen molar-refractivity contribution in [3.8, 4) is 0 Å². The Kier molecular flexibility index (Phi) is 3.72. The number of likely N-dealkylation sites (tertiary alicyclic amines) is 1. The molecule has 1 amide bonds. The first-order valence-corrected chi connectivity index (χ1v) is 7.01. The third-order valence-corrected chi connectivity index (χ3v) is 3.92. The standard InChI is InChI=1S/C15H18FNO3/c16-13-4-2-12(3-5-13)14(18)17-8-6-15(7-9-17)19-10-1-11-20-15/h2-5H,1,6-11H2. The van der Waals surface area contributed by atoms with Crippen LogP contribution in [0.1, 0.15) is 29.6 Å². The summed E-state index contributed by atoms with van der Waals surface area (Å²) in [5.74, 6) is -0.878. The van der Waals surface area contributed by atoms with Crippen molar-refractivity contribution < 1.29 is 18.7 Å². The van der Waals surface area contributed by atoms with Gasteiger partial charge in [-0.3, -0.25) is 4.79 Å². The molecule has 1 aromatic rings. The van der Waals surface area contributed by atoms with Crippen molar-refractivity contribution in [1.82, 2.24) is 4.90 Å². The van der Waals surface area contributed by atoms with E-state index in [-0.39, 0.29) is 11.7 Å². The van der Waals surface area contributed by atoms with Crippen LogP contribution in [-0.4, -0.2) is 42.9 Å². The van der Waals surface area contributed by atoms with E-state index in [4.69, 9.17) is 9.47 Å². The molecule has 2 aliphatic heterocycles. The number of hydrogen-bond acceptors (Lipinski definition) is 3. The van der Waals surface area contributed by atoms with E-state index >= 15 is 0 Å². The minimum atomic E-state index is -0.488. The highest BCUT2D eigenvalue weighted by Crippen LogP contribution is 2.31. The van der Waals surface area contributed by atoms with E-state index in [0.717, 1.165) is 19.6 Å². The quantitative estimate of drug-likeness (QED) is 0.791. The molecule has 108 valence electrons. The monoisotopic (exact) mass is 279 g/mol. The van der Waals surface area contributed by atoms with Gasteiger partial charge in [0.05, 0.1) is 13.2 Å². The number of piperidine rings is 1. The second-order valence-electron chi connectivity index (χ2n) is 5.26. The number of carbonyl (C=O) groups excluding carboxylic acids is 1. The molecular formula is C15H18FNO3. The Balaban J connectivity index is 1.62. The summed E-state index contributed by atoms with van der Waals surface area (Å²) >= 11 is 0. The van der Waals surface area contributed by atoms with Gasteiger partial charge >= 0.3 is 0 Å². The van der Waals surface area contributed by atoms with E-state index in [1.54, 1.807) is 4.90 Å². The second-order valence-corrected chi connectivity index (χ2v) is 5.26. The van der Waals surface area contributed by atoms with Crippen LogP contribution in [0.3, 0.4) is 0 Å². The molecule has 20 heavy (non-hydrogen) atoms. The minimum Gasteiger partial charge on any atom is -0.350 e. The Morgan fingerprint density at radius 2 is 1.70 bits per heavy atom. The Bertz CT molecular complexity index is 472. The summed E-state index contributed by atoms with van der Waals surface area (Å²) in [6.07, 6.45) is 2.32. The van der Waals surface area contributed by atoms with Gasteiger partial charge in [0.1, 0.15) is 5.82 Å². The lowest BCUT2D eigenvalue weighted by Crippen LogP contribution is -2.51. The molecule has 3 rings (SSSR count). The largest absolute Gasteiger partial charge is 0.350 e. The van der Waals surface area contributed by atoms with Crippen molar-refractivity contribution >= 4 is 5.91 Å². The average Bonchev–Trinajstić information content (AvgIpc) is 2.49. The van der Waals surface area contributed by atoms with Crippen LogP contribution in [0.4, 0.5) is 4.39 Å². The van der Waals surface area contributed by atoms with Gasteiger partial charge in [0.15, 0.2) is 5.79 Å². The zero-order valence-corrected chi connectivity index (χ0v) is 11.3. The summed E-state index contributed by atoms with van der Waals surface area (Å²) < 4.78 is 24.4. The predicted molar refractivity (Wildman–Crippen MR) is 70.8 cm³/mol. The average molecular weight is 279 g/mol. The Morgan fingerprint density at radius 1 is 1.10 bits per heavy atom. The molecular weight excluding hydrogens is 261 g/mol. The van der Waals surface area contributed by atoms with Gasteiger partial charge in [-0.1, -0.05) is 0 Å². The summed E-state index contributed by atoms with van der Waals surface area (Å²) in [7, 11) is 0. The SMILES string of the molecule is O=C(c1ccc(F)cc1)N1CCC2(CC1)OCCCO2. The number of ether oxygens (including phenoxy) is 2. The van der Waals surface area contributed by atoms with Crippen molar-refractivity contribution in [2.45, 2.75) is 25.0 Å². The zero-order valence-electron chi connectivity index (χ0n) is 11.3. The molecule has 2 heterocycles. The molecule has 4 nitrogen and oxygen atoms in total. The number of amides is 1. The highest BCUT2D eigenvalue weighted by Gasteiger charge is 2.39. The van der Waals surface area contributed by atoms with Crippen LogP contribution in [0.2, 0.25) is 0 Å². The van der Waals surface area contributed by atoms with E-state index in [1.165, 1.54) is 24.3 Å². The van der Waals surface area contributed by atoms with Crippen LogP contribution in [0.25, 0.3) is 0 Å². The topological polar surface area (TPSA) is 38.8 Å². The van der Waals surface area contributed by atoms with Gasteiger partial charge in [0.25, 0.3) is 5.91 Å². The van der Waals surface area contributed by atoms with E-state index in [1.807, 2.05) is 0 Å². The maximum Gasteiger partial charge on any atom is 0.253 e. The van der Waals surface area contributed by atoms with Crippen LogP contribution in [0, 0.1) is 5.82 Å². The van der Waals surface area contributed by atoms with Crippen LogP contribution < -0.4 is 0 Å². The van der Waals surface area contributed by atoms with Crippen LogP contribution in [-0.2, 0) is 9.47 Å². The van der Waals surface area contributed by atoms with Crippen molar-refractivity contribution in [1.29, 1.82) is 0 Å². The molecule has 5 heteroatoms. The lowest BCUT2D eigenvalue weighted by atomic mass is 10.0. The van der Waals surface area contributed by atoms with Crippen molar-refractivity contribution in [3.05, 3.63) is 35.6 Å². The maximum absolute atomic E-state index is 12.9. The third kappa shape index (κ3) is 2.69. The van der Waals surface area contributed by atoms with E-state index in [9.17, 15) is 9.18 Å². The zero-order chi connectivity index (χ0) is 14.0. The summed E-state index contributed by atoms with van der Waals surface area (Å²) in [5, 5.41) is 0. The third-order valence-electron chi connectivity index (χ3n) is 3.92. The first-order valence-electron chi connectivity index (χ1n) is 7.01. The second kappa shape index (κ2) is 5.50. The number of rotatable bonds is 1. The van der Waals surface area contributed by atoms with Crippen LogP contribution in [0.5, 0.6) is 0 Å². The van der Waals surface area contributed by atoms with Crippen molar-refractivity contribution in [2.75, 3.05) is 26.3 Å². The lowest BCUT2D eigenvalue weighted by Gasteiger charge is -2.43. The number of halogens is 1. The Labute approximate surface area is 117 Å². The summed E-state index contributed by atoms with van der Waals surface area (Å²) in [5.41, 5.74) is 0.521. The fourth-order valence-corrected chi connectivity index (χ4v) is 2.73. The first-order chi connectivity index (χ1) is 9.69. The van der Waals surface area contributed by atoms with Crippen molar-refractivity contribution in [2.24, 2.45) is 0 Å². The molecule has 0 aromatic heterocycles. The van der Waals surface area contributed by atoms with Gasteiger partial charge in [-0.05, 0) is 30.7 Å². The van der Waals surface area contributed by atoms with Gasteiger partial charge in [-0.25, -0.2) is 4.39 Å². The summed E-state index contributed by atoms with van der Waals surface area (Å²) in [4.78, 5) is 14.1. The number of benzene rings is 1. The highest BCUT2D eigenvalue weighted by atomic mass is 19.1. The Hall–Kier alpha value is -1.46. The molecule has 1 aromatic carbocycles. The minimum absolute atomic E-state index is 0.0596. The molecule has 2 saturated heterocycles. The normalized spacial score (nSPS) is 21.9. The maximum atomic E-state index is 12.9. The van der Waals surface area contributed by atoms with Crippen molar-refractivity contribution in [3.63, 3.8) is 0 Å². The van der Waals surface area contributed by atoms with Gasteiger partial charge in [-0.15, -0.1) is 0 Å². The van der Waals surface area contributed by atoms with Crippen LogP contribution in [0.15, 0.2) is 24.3 Å².